The van der Waals surface area contributed by atoms with Crippen LogP contribution in [0.1, 0.15) is 65.2 Å². The minimum absolute atomic E-state index is 0.179. The fraction of sp³-hybridized carbons (Fsp3) is 0.923. The molecule has 1 atom stereocenters. The largest absolute Gasteiger partial charge is 0.377 e. The second kappa shape index (κ2) is 11.5. The average molecular weight is 211 g/mol. The van der Waals surface area contributed by atoms with Crippen molar-refractivity contribution in [2.45, 2.75) is 71.3 Å². The van der Waals surface area contributed by atoms with Crippen LogP contribution in [0.25, 0.3) is 0 Å². The summed E-state index contributed by atoms with van der Waals surface area (Å²) in [5, 5.41) is 8.67. The molecule has 88 valence electrons. The summed E-state index contributed by atoms with van der Waals surface area (Å²) in [6, 6.07) is 2.21. The molecule has 0 aromatic rings. The van der Waals surface area contributed by atoms with Crippen LogP contribution in [-0.4, -0.2) is 12.7 Å². The van der Waals surface area contributed by atoms with E-state index < -0.39 is 0 Å². The number of nitrogens with zero attached hydrogens (tertiary/aromatic N) is 1. The Bertz CT molecular complexity index is 162. The van der Waals surface area contributed by atoms with Crippen molar-refractivity contribution in [1.82, 2.24) is 0 Å². The first-order valence-corrected chi connectivity index (χ1v) is 6.33. The average Bonchev–Trinajstić information content (AvgIpc) is 2.24. The number of rotatable bonds is 10. The van der Waals surface area contributed by atoms with Gasteiger partial charge >= 0.3 is 0 Å². The van der Waals surface area contributed by atoms with Crippen LogP contribution in [0.3, 0.4) is 0 Å². The molecule has 0 heterocycles. The summed E-state index contributed by atoms with van der Waals surface area (Å²) in [4.78, 5) is 0. The van der Waals surface area contributed by atoms with Crippen LogP contribution in [0.15, 0.2) is 0 Å². The van der Waals surface area contributed by atoms with Crippen molar-refractivity contribution < 1.29 is 4.74 Å². The van der Waals surface area contributed by atoms with Crippen LogP contribution in [0.4, 0.5) is 0 Å². The molecule has 0 aromatic heterocycles. The normalized spacial score (nSPS) is 12.3. The Morgan fingerprint density at radius 3 is 2.40 bits per heavy atom. The molecular formula is C13H25NO. The molecule has 0 amide bonds. The predicted octanol–water partition coefficient (Wildman–Crippen LogP) is 4.06. The van der Waals surface area contributed by atoms with Gasteiger partial charge in [0, 0.05) is 6.61 Å². The zero-order chi connectivity index (χ0) is 11.4. The van der Waals surface area contributed by atoms with Gasteiger partial charge in [0.2, 0.25) is 0 Å². The molecule has 0 aromatic carbocycles. The molecule has 0 saturated heterocycles. The smallest absolute Gasteiger partial charge is 0.0704 e. The molecule has 1 unspecified atom stereocenters. The van der Waals surface area contributed by atoms with Gasteiger partial charge < -0.3 is 4.74 Å². The molecule has 0 bridgehead atoms. The molecule has 0 aliphatic heterocycles. The highest BCUT2D eigenvalue weighted by atomic mass is 16.5. The maximum Gasteiger partial charge on any atom is 0.0704 e. The van der Waals surface area contributed by atoms with Crippen molar-refractivity contribution in [3.8, 4) is 6.07 Å². The van der Waals surface area contributed by atoms with Crippen LogP contribution < -0.4 is 0 Å². The van der Waals surface area contributed by atoms with Crippen molar-refractivity contribution in [2.75, 3.05) is 6.61 Å². The fourth-order valence-electron chi connectivity index (χ4n) is 1.54. The molecule has 0 spiro atoms. The fourth-order valence-corrected chi connectivity index (χ4v) is 1.54. The molecular weight excluding hydrogens is 186 g/mol. The molecule has 0 aliphatic rings. The zero-order valence-electron chi connectivity index (χ0n) is 10.3. The molecule has 0 aliphatic carbocycles. The van der Waals surface area contributed by atoms with Crippen molar-refractivity contribution in [2.24, 2.45) is 0 Å². The number of hydrogen-bond donors (Lipinski definition) is 0. The van der Waals surface area contributed by atoms with Crippen molar-refractivity contribution in [3.63, 3.8) is 0 Å². The lowest BCUT2D eigenvalue weighted by atomic mass is 10.1. The Kier molecular flexibility index (Phi) is 11.1. The highest BCUT2D eigenvalue weighted by molar-refractivity contribution is 4.76. The summed E-state index contributed by atoms with van der Waals surface area (Å²) in [6.45, 7) is 5.19. The van der Waals surface area contributed by atoms with E-state index >= 15 is 0 Å². The monoisotopic (exact) mass is 211 g/mol. The third kappa shape index (κ3) is 9.75. The van der Waals surface area contributed by atoms with Gasteiger partial charge in [0.1, 0.15) is 0 Å². The second-order valence-corrected chi connectivity index (χ2v) is 4.06. The Morgan fingerprint density at radius 1 is 1.07 bits per heavy atom. The summed E-state index contributed by atoms with van der Waals surface area (Å²) < 4.78 is 5.68. The van der Waals surface area contributed by atoms with Gasteiger partial charge in [0.25, 0.3) is 0 Å². The van der Waals surface area contributed by atoms with E-state index in [0.717, 1.165) is 25.9 Å². The van der Waals surface area contributed by atoms with Gasteiger partial charge in [-0.05, 0) is 12.8 Å². The maximum absolute atomic E-state index is 8.67. The van der Waals surface area contributed by atoms with E-state index in [4.69, 9.17) is 10.00 Å². The topological polar surface area (TPSA) is 33.0 Å². The van der Waals surface area contributed by atoms with E-state index in [1.165, 1.54) is 25.7 Å². The van der Waals surface area contributed by atoms with Crippen LogP contribution >= 0.6 is 0 Å². The lowest BCUT2D eigenvalue weighted by molar-refractivity contribution is 0.0470. The van der Waals surface area contributed by atoms with Crippen molar-refractivity contribution >= 4 is 0 Å². The van der Waals surface area contributed by atoms with E-state index in [2.05, 4.69) is 19.9 Å². The predicted molar refractivity (Wildman–Crippen MR) is 63.6 cm³/mol. The molecule has 2 nitrogen and oxygen atoms in total. The number of unbranched alkanes of at least 4 members (excludes halogenated alkanes) is 4. The third-order valence-electron chi connectivity index (χ3n) is 2.55. The zero-order valence-corrected chi connectivity index (χ0v) is 10.3. The molecule has 0 N–H and O–H groups in total. The summed E-state index contributed by atoms with van der Waals surface area (Å²) in [5.41, 5.74) is 0. The van der Waals surface area contributed by atoms with Crippen molar-refractivity contribution in [1.29, 1.82) is 5.26 Å². The number of ether oxygens (including phenoxy) is 1. The van der Waals surface area contributed by atoms with Crippen molar-refractivity contribution in [3.05, 3.63) is 0 Å². The van der Waals surface area contributed by atoms with Crippen LogP contribution in [0.2, 0.25) is 0 Å². The van der Waals surface area contributed by atoms with Gasteiger partial charge in [0.15, 0.2) is 0 Å². The molecule has 0 fully saturated rings. The Hall–Kier alpha value is -0.550. The molecule has 0 radical (unpaired) electrons. The molecule has 0 rings (SSSR count). The van der Waals surface area contributed by atoms with Gasteiger partial charge in [-0.25, -0.2) is 0 Å². The Morgan fingerprint density at radius 2 is 1.80 bits per heavy atom. The maximum atomic E-state index is 8.67. The molecule has 0 saturated carbocycles. The van der Waals surface area contributed by atoms with Gasteiger partial charge in [-0.2, -0.15) is 5.26 Å². The first-order chi connectivity index (χ1) is 7.35. The lowest BCUT2D eigenvalue weighted by Gasteiger charge is -2.14. The van der Waals surface area contributed by atoms with E-state index in [9.17, 15) is 0 Å². The Labute approximate surface area is 94.6 Å². The van der Waals surface area contributed by atoms with E-state index in [1.54, 1.807) is 0 Å². The third-order valence-corrected chi connectivity index (χ3v) is 2.55. The summed E-state index contributed by atoms with van der Waals surface area (Å²) in [7, 11) is 0. The quantitative estimate of drug-likeness (QED) is 0.511. The minimum atomic E-state index is 0.179. The number of nitriles is 1. The van der Waals surface area contributed by atoms with Crippen LogP contribution in [-0.2, 0) is 4.74 Å². The van der Waals surface area contributed by atoms with E-state index in [-0.39, 0.29) is 6.10 Å². The van der Waals surface area contributed by atoms with Gasteiger partial charge in [-0.15, -0.1) is 0 Å². The lowest BCUT2D eigenvalue weighted by Crippen LogP contribution is -2.13. The highest BCUT2D eigenvalue weighted by Crippen LogP contribution is 2.11. The number of hydrogen-bond acceptors (Lipinski definition) is 2. The van der Waals surface area contributed by atoms with Crippen LogP contribution in [0, 0.1) is 11.3 Å². The van der Waals surface area contributed by atoms with Gasteiger partial charge in [-0.3, -0.25) is 0 Å². The Balaban J connectivity index is 3.50. The van der Waals surface area contributed by atoms with Crippen LogP contribution in [0.5, 0.6) is 0 Å². The first-order valence-electron chi connectivity index (χ1n) is 6.33. The first kappa shape index (κ1) is 14.5. The highest BCUT2D eigenvalue weighted by Gasteiger charge is 2.07. The van der Waals surface area contributed by atoms with Gasteiger partial charge in [0.05, 0.1) is 18.6 Å². The summed E-state index contributed by atoms with van der Waals surface area (Å²) >= 11 is 0. The van der Waals surface area contributed by atoms with Gasteiger partial charge in [-0.1, -0.05) is 46.0 Å². The molecule has 2 heteroatoms. The summed E-state index contributed by atoms with van der Waals surface area (Å²) in [6.07, 6.45) is 9.09. The SMILES string of the molecule is CCCCCCC(CC#N)OCCCC. The summed E-state index contributed by atoms with van der Waals surface area (Å²) in [5.74, 6) is 0. The molecule has 15 heavy (non-hydrogen) atoms. The van der Waals surface area contributed by atoms with E-state index in [1.807, 2.05) is 0 Å². The minimum Gasteiger partial charge on any atom is -0.377 e. The van der Waals surface area contributed by atoms with E-state index in [0.29, 0.717) is 6.42 Å². The second-order valence-electron chi connectivity index (χ2n) is 4.06. The standard InChI is InChI=1S/C13H25NO/c1-3-5-7-8-9-13(10-11-14)15-12-6-4-2/h13H,3-10,12H2,1-2H3.